The van der Waals surface area contributed by atoms with Crippen molar-refractivity contribution in [3.05, 3.63) is 107 Å². The molecule has 0 saturated heterocycles. The Labute approximate surface area is 219 Å². The Morgan fingerprint density at radius 3 is 2.51 bits per heavy atom. The first-order valence-electron chi connectivity index (χ1n) is 11.4. The van der Waals surface area contributed by atoms with Crippen molar-refractivity contribution < 1.29 is 13.5 Å². The molecule has 10 heteroatoms. The first-order chi connectivity index (χ1) is 18.0. The van der Waals surface area contributed by atoms with Gasteiger partial charge in [0.15, 0.2) is 5.11 Å². The number of ether oxygens (including phenoxy) is 1. The molecule has 0 bridgehead atoms. The van der Waals surface area contributed by atoms with E-state index < -0.39 is 11.6 Å². The number of hydrogen-bond acceptors (Lipinski definition) is 5. The van der Waals surface area contributed by atoms with Gasteiger partial charge in [0.2, 0.25) is 5.88 Å². The number of aromatic nitrogens is 3. The molecule has 0 atom stereocenters. The molecule has 37 heavy (non-hydrogen) atoms. The number of pyridine rings is 1. The van der Waals surface area contributed by atoms with Crippen LogP contribution in [0.15, 0.2) is 73.3 Å². The Hall–Kier alpha value is -4.36. The number of halogens is 2. The van der Waals surface area contributed by atoms with E-state index in [1.165, 1.54) is 25.3 Å². The molecule has 0 radical (unpaired) electrons. The largest absolute Gasteiger partial charge is 0.481 e. The van der Waals surface area contributed by atoms with Crippen LogP contribution >= 0.6 is 12.2 Å². The van der Waals surface area contributed by atoms with E-state index in [1.54, 1.807) is 47.9 Å². The molecule has 0 aliphatic carbocycles. The maximum atomic E-state index is 14.5. The molecular formula is C27H24F2N6OS. The van der Waals surface area contributed by atoms with E-state index in [1.807, 2.05) is 16.7 Å². The third-order valence-corrected chi connectivity index (χ3v) is 6.13. The number of methoxy groups -OCH3 is 1. The number of imidazole rings is 1. The fourth-order valence-electron chi connectivity index (χ4n) is 3.73. The van der Waals surface area contributed by atoms with Crippen molar-refractivity contribution in [3.63, 3.8) is 0 Å². The van der Waals surface area contributed by atoms with Crippen molar-refractivity contribution in [2.24, 2.45) is 0 Å². The predicted molar refractivity (Wildman–Crippen MR) is 140 cm³/mol. The number of nitriles is 1. The molecule has 0 unspecified atom stereocenters. The van der Waals surface area contributed by atoms with Gasteiger partial charge in [-0.25, -0.2) is 18.7 Å². The van der Waals surface area contributed by atoms with Crippen LogP contribution in [0.4, 0.5) is 14.5 Å². The number of rotatable bonds is 9. The molecule has 2 aromatic carbocycles. The average Bonchev–Trinajstić information content (AvgIpc) is 3.35. The Kier molecular flexibility index (Phi) is 8.38. The van der Waals surface area contributed by atoms with Crippen molar-refractivity contribution in [2.75, 3.05) is 19.0 Å². The van der Waals surface area contributed by atoms with Gasteiger partial charge in [-0.05, 0) is 48.1 Å². The highest BCUT2D eigenvalue weighted by Gasteiger charge is 2.17. The highest BCUT2D eigenvalue weighted by molar-refractivity contribution is 7.80. The third kappa shape index (κ3) is 6.65. The predicted octanol–water partition coefficient (Wildman–Crippen LogP) is 4.93. The lowest BCUT2D eigenvalue weighted by Gasteiger charge is -2.26. The van der Waals surface area contributed by atoms with Crippen LogP contribution in [0.2, 0.25) is 0 Å². The second-order valence-corrected chi connectivity index (χ2v) is 8.60. The summed E-state index contributed by atoms with van der Waals surface area (Å²) in [6.07, 6.45) is 5.58. The molecule has 0 spiro atoms. The van der Waals surface area contributed by atoms with Crippen LogP contribution in [-0.4, -0.2) is 38.2 Å². The number of nitrogens with zero attached hydrogens (tertiary/aromatic N) is 5. The summed E-state index contributed by atoms with van der Waals surface area (Å²) in [6.45, 7) is 0.892. The molecule has 2 heterocycles. The summed E-state index contributed by atoms with van der Waals surface area (Å²) in [4.78, 5) is 10.1. The summed E-state index contributed by atoms with van der Waals surface area (Å²) in [6, 6.07) is 16.7. The summed E-state index contributed by atoms with van der Waals surface area (Å²) < 4.78 is 36.0. The smallest absolute Gasteiger partial charge is 0.213 e. The highest BCUT2D eigenvalue weighted by atomic mass is 32.1. The first kappa shape index (κ1) is 25.7. The molecule has 0 aliphatic heterocycles. The summed E-state index contributed by atoms with van der Waals surface area (Å²) in [5, 5.41) is 12.4. The van der Waals surface area contributed by atoms with Gasteiger partial charge in [0.1, 0.15) is 11.6 Å². The Morgan fingerprint density at radius 2 is 1.86 bits per heavy atom. The van der Waals surface area contributed by atoms with E-state index in [0.717, 1.165) is 11.3 Å². The minimum atomic E-state index is -0.634. The monoisotopic (exact) mass is 518 g/mol. The van der Waals surface area contributed by atoms with Crippen LogP contribution in [0.5, 0.6) is 5.88 Å². The van der Waals surface area contributed by atoms with E-state index in [0.29, 0.717) is 41.8 Å². The van der Waals surface area contributed by atoms with Gasteiger partial charge in [-0.15, -0.1) is 0 Å². The molecule has 4 aromatic rings. The zero-order valence-corrected chi connectivity index (χ0v) is 20.9. The van der Waals surface area contributed by atoms with E-state index in [4.69, 9.17) is 22.2 Å². The molecule has 0 saturated carbocycles. The van der Waals surface area contributed by atoms with Crippen LogP contribution < -0.4 is 10.1 Å². The van der Waals surface area contributed by atoms with Gasteiger partial charge in [0.25, 0.3) is 0 Å². The van der Waals surface area contributed by atoms with Gasteiger partial charge in [-0.3, -0.25) is 0 Å². The maximum Gasteiger partial charge on any atom is 0.213 e. The zero-order valence-electron chi connectivity index (χ0n) is 20.1. The molecular weight excluding hydrogens is 494 g/mol. The summed E-state index contributed by atoms with van der Waals surface area (Å²) in [5.41, 5.74) is 3.10. The second-order valence-electron chi connectivity index (χ2n) is 8.21. The van der Waals surface area contributed by atoms with E-state index in [9.17, 15) is 8.78 Å². The fourth-order valence-corrected chi connectivity index (χ4v) is 4.01. The van der Waals surface area contributed by atoms with Gasteiger partial charge < -0.3 is 19.5 Å². The average molecular weight is 519 g/mol. The lowest BCUT2D eigenvalue weighted by Crippen LogP contribution is -2.36. The van der Waals surface area contributed by atoms with E-state index >= 15 is 0 Å². The number of nitrogens with one attached hydrogen (secondary N) is 1. The first-order valence-corrected chi connectivity index (χ1v) is 11.8. The lowest BCUT2D eigenvalue weighted by molar-refractivity contribution is 0.396. The molecule has 1 N–H and O–H groups in total. The minimum absolute atomic E-state index is 0.0579. The Bertz CT molecular complexity index is 1380. The van der Waals surface area contributed by atoms with Crippen molar-refractivity contribution in [1.82, 2.24) is 19.4 Å². The summed E-state index contributed by atoms with van der Waals surface area (Å²) in [5.74, 6) is -0.813. The normalized spacial score (nSPS) is 10.5. The molecule has 0 fully saturated rings. The van der Waals surface area contributed by atoms with Crippen LogP contribution in [-0.2, 0) is 19.5 Å². The maximum absolute atomic E-state index is 14.5. The van der Waals surface area contributed by atoms with Crippen molar-refractivity contribution in [1.29, 1.82) is 5.26 Å². The number of thiocarbonyl (C=S) groups is 1. The Balaban J connectivity index is 1.51. The highest BCUT2D eigenvalue weighted by Crippen LogP contribution is 2.18. The van der Waals surface area contributed by atoms with Gasteiger partial charge in [0, 0.05) is 43.0 Å². The van der Waals surface area contributed by atoms with Gasteiger partial charge in [-0.1, -0.05) is 18.2 Å². The molecule has 0 aliphatic rings. The number of hydrogen-bond donors (Lipinski definition) is 1. The Morgan fingerprint density at radius 1 is 1.11 bits per heavy atom. The minimum Gasteiger partial charge on any atom is -0.481 e. The summed E-state index contributed by atoms with van der Waals surface area (Å²) in [7, 11) is 1.52. The molecule has 0 amide bonds. The van der Waals surface area contributed by atoms with Crippen LogP contribution in [0.3, 0.4) is 0 Å². The van der Waals surface area contributed by atoms with Crippen molar-refractivity contribution >= 4 is 23.0 Å². The van der Waals surface area contributed by atoms with Gasteiger partial charge in [-0.2, -0.15) is 5.26 Å². The van der Waals surface area contributed by atoms with Crippen LogP contribution in [0, 0.1) is 23.0 Å². The molecule has 2 aromatic heterocycles. The van der Waals surface area contributed by atoms with Crippen molar-refractivity contribution in [3.8, 4) is 11.9 Å². The SMILES string of the molecule is COc1ccc(NC(=S)N(CCc2cncn2Cc2ccc(C#N)cc2)Cc2c(F)cccc2F)cn1. The second kappa shape index (κ2) is 12.1. The lowest BCUT2D eigenvalue weighted by atomic mass is 10.1. The quantitative estimate of drug-likeness (QED) is 0.315. The van der Waals surface area contributed by atoms with E-state index in [2.05, 4.69) is 21.4 Å². The van der Waals surface area contributed by atoms with Gasteiger partial charge in [0.05, 0.1) is 43.5 Å². The molecule has 7 nitrogen and oxygen atoms in total. The number of benzene rings is 2. The molecule has 188 valence electrons. The zero-order chi connectivity index (χ0) is 26.2. The van der Waals surface area contributed by atoms with E-state index in [-0.39, 0.29) is 12.1 Å². The topological polar surface area (TPSA) is 79.0 Å². The van der Waals surface area contributed by atoms with Crippen molar-refractivity contribution in [2.45, 2.75) is 19.5 Å². The van der Waals surface area contributed by atoms with Crippen LogP contribution in [0.1, 0.15) is 22.4 Å². The van der Waals surface area contributed by atoms with Crippen LogP contribution in [0.25, 0.3) is 0 Å². The number of anilines is 1. The third-order valence-electron chi connectivity index (χ3n) is 5.77. The molecule has 4 rings (SSSR count). The fraction of sp³-hybridized carbons (Fsp3) is 0.185. The summed E-state index contributed by atoms with van der Waals surface area (Å²) >= 11 is 5.62. The standard InChI is InChI=1S/C27H24F2N6OS/c1-36-26-10-9-21(14-32-26)33-27(37)34(17-23-24(28)3-2-4-25(23)29)12-11-22-15-31-18-35(22)16-20-7-5-19(13-30)6-8-20/h2-10,14-15,18H,11-12,16-17H2,1H3,(H,33,37). The van der Waals surface area contributed by atoms with Gasteiger partial charge >= 0.3 is 0 Å².